The predicted molar refractivity (Wildman–Crippen MR) is 153 cm³/mol. The third-order valence-corrected chi connectivity index (χ3v) is 8.76. The van der Waals surface area contributed by atoms with Crippen LogP contribution in [0, 0.1) is 0 Å². The van der Waals surface area contributed by atoms with Crippen molar-refractivity contribution >= 4 is 33.3 Å². The lowest BCUT2D eigenvalue weighted by Gasteiger charge is -2.23. The van der Waals surface area contributed by atoms with Gasteiger partial charge in [-0.15, -0.1) is 0 Å². The number of rotatable bonds is 3. The predicted octanol–water partition coefficient (Wildman–Crippen LogP) is 9.51. The summed E-state index contributed by atoms with van der Waals surface area (Å²) in [6, 6.07) is 37.5. The third kappa shape index (κ3) is 3.14. The maximum Gasteiger partial charge on any atom is 0.0353 e. The lowest BCUT2D eigenvalue weighted by molar-refractivity contribution is 0.660. The van der Waals surface area contributed by atoms with E-state index in [2.05, 4.69) is 122 Å². The van der Waals surface area contributed by atoms with Crippen molar-refractivity contribution in [3.05, 3.63) is 127 Å². The molecule has 36 heavy (non-hydrogen) atoms. The molecule has 0 amide bonds. The molecule has 5 aromatic carbocycles. The summed E-state index contributed by atoms with van der Waals surface area (Å²) in [5, 5.41) is 4.99. The van der Waals surface area contributed by atoms with Crippen LogP contribution >= 0.6 is 11.8 Å². The van der Waals surface area contributed by atoms with Crippen LogP contribution in [-0.2, 0) is 5.41 Å². The van der Waals surface area contributed by atoms with Crippen LogP contribution in [0.4, 0.5) is 0 Å². The molecule has 0 N–H and O–H groups in total. The summed E-state index contributed by atoms with van der Waals surface area (Å²) in [5.74, 6) is 0. The van der Waals surface area contributed by atoms with E-state index in [-0.39, 0.29) is 5.41 Å². The minimum atomic E-state index is -0.0328. The quantitative estimate of drug-likeness (QED) is 0.234. The second-order valence-electron chi connectivity index (χ2n) is 10.0. The van der Waals surface area contributed by atoms with Gasteiger partial charge in [-0.25, -0.2) is 0 Å². The third-order valence-electron chi connectivity index (χ3n) is 7.61. The first kappa shape index (κ1) is 21.4. The van der Waals surface area contributed by atoms with Gasteiger partial charge in [-0.3, -0.25) is 4.98 Å². The number of nitrogens with zero attached hydrogens (tertiary/aromatic N) is 1. The Hall–Kier alpha value is -3.88. The Morgan fingerprint density at radius 2 is 1.31 bits per heavy atom. The smallest absolute Gasteiger partial charge is 0.0353 e. The van der Waals surface area contributed by atoms with E-state index in [9.17, 15) is 0 Å². The molecule has 6 aromatic rings. The molecular formula is C34H25NS. The van der Waals surface area contributed by atoms with Gasteiger partial charge in [0.25, 0.3) is 0 Å². The van der Waals surface area contributed by atoms with E-state index in [1.165, 1.54) is 64.7 Å². The fourth-order valence-electron chi connectivity index (χ4n) is 5.87. The molecule has 1 aromatic heterocycles. The van der Waals surface area contributed by atoms with E-state index in [0.29, 0.717) is 0 Å². The van der Waals surface area contributed by atoms with Crippen LogP contribution < -0.4 is 0 Å². The Morgan fingerprint density at radius 1 is 0.611 bits per heavy atom. The van der Waals surface area contributed by atoms with Crippen LogP contribution in [0.15, 0.2) is 125 Å². The fraction of sp³-hybridized carbons (Fsp3) is 0.0882. The van der Waals surface area contributed by atoms with E-state index >= 15 is 0 Å². The van der Waals surface area contributed by atoms with Crippen molar-refractivity contribution in [1.82, 2.24) is 4.98 Å². The number of pyridine rings is 1. The standard InChI is InChI=1S/C34H25NS/c1-34(2)30-15-9-8-12-24(30)25-17-16-22(20-31(25)34)32-26-13-6-7-14-27(26)33(28-18-19-35-21-29(28)32)36-23-10-4-3-5-11-23/h3-21H,1-2H3. The van der Waals surface area contributed by atoms with Crippen LogP contribution in [0.25, 0.3) is 43.8 Å². The summed E-state index contributed by atoms with van der Waals surface area (Å²) < 4.78 is 0. The maximum absolute atomic E-state index is 4.58. The van der Waals surface area contributed by atoms with E-state index in [0.717, 1.165) is 0 Å². The van der Waals surface area contributed by atoms with Gasteiger partial charge in [0, 0.05) is 33.0 Å². The van der Waals surface area contributed by atoms with E-state index < -0.39 is 0 Å². The van der Waals surface area contributed by atoms with E-state index in [1.807, 2.05) is 24.2 Å². The van der Waals surface area contributed by atoms with Crippen LogP contribution in [0.3, 0.4) is 0 Å². The minimum absolute atomic E-state index is 0.0328. The molecule has 0 unspecified atom stereocenters. The van der Waals surface area contributed by atoms with Gasteiger partial charge in [-0.1, -0.05) is 104 Å². The minimum Gasteiger partial charge on any atom is -0.264 e. The largest absolute Gasteiger partial charge is 0.264 e. The van der Waals surface area contributed by atoms with Crippen molar-refractivity contribution in [1.29, 1.82) is 0 Å². The lowest BCUT2D eigenvalue weighted by atomic mass is 9.81. The molecule has 0 saturated carbocycles. The summed E-state index contributed by atoms with van der Waals surface area (Å²) in [6.07, 6.45) is 3.96. The average Bonchev–Trinajstić information content (AvgIpc) is 3.15. The summed E-state index contributed by atoms with van der Waals surface area (Å²) in [4.78, 5) is 7.10. The van der Waals surface area contributed by atoms with Gasteiger partial charge in [-0.2, -0.15) is 0 Å². The Balaban J connectivity index is 1.51. The van der Waals surface area contributed by atoms with Gasteiger partial charge in [0.2, 0.25) is 0 Å². The normalized spacial score (nSPS) is 13.6. The number of fused-ring (bicyclic) bond motifs is 5. The molecule has 2 heteroatoms. The van der Waals surface area contributed by atoms with Crippen LogP contribution in [0.5, 0.6) is 0 Å². The molecule has 0 fully saturated rings. The molecule has 172 valence electrons. The van der Waals surface area contributed by atoms with Gasteiger partial charge < -0.3 is 0 Å². The van der Waals surface area contributed by atoms with Crippen LogP contribution in [-0.4, -0.2) is 4.98 Å². The Kier molecular flexibility index (Phi) is 4.80. The monoisotopic (exact) mass is 479 g/mol. The van der Waals surface area contributed by atoms with Crippen molar-refractivity contribution < 1.29 is 0 Å². The Labute approximate surface area is 215 Å². The second-order valence-corrected chi connectivity index (χ2v) is 11.1. The molecule has 0 aliphatic heterocycles. The van der Waals surface area contributed by atoms with Gasteiger partial charge >= 0.3 is 0 Å². The van der Waals surface area contributed by atoms with Gasteiger partial charge in [-0.05, 0) is 73.8 Å². The summed E-state index contributed by atoms with van der Waals surface area (Å²) in [7, 11) is 0. The van der Waals surface area contributed by atoms with Crippen LogP contribution in [0.2, 0.25) is 0 Å². The average molecular weight is 480 g/mol. The van der Waals surface area contributed by atoms with Crippen molar-refractivity contribution in [3.8, 4) is 22.3 Å². The van der Waals surface area contributed by atoms with Crippen molar-refractivity contribution in [2.75, 3.05) is 0 Å². The highest BCUT2D eigenvalue weighted by molar-refractivity contribution is 7.99. The Morgan fingerprint density at radius 3 is 2.17 bits per heavy atom. The van der Waals surface area contributed by atoms with E-state index in [1.54, 1.807) is 0 Å². The maximum atomic E-state index is 4.58. The lowest BCUT2D eigenvalue weighted by Crippen LogP contribution is -2.14. The molecule has 0 atom stereocenters. The molecule has 0 saturated heterocycles. The molecule has 1 nitrogen and oxygen atoms in total. The zero-order chi connectivity index (χ0) is 24.3. The SMILES string of the molecule is CC1(C)c2ccccc2-c2ccc(-c3c4ccccc4c(Sc4ccccc4)c4ccncc34)cc21. The molecule has 1 aliphatic rings. The van der Waals surface area contributed by atoms with Crippen molar-refractivity contribution in [3.63, 3.8) is 0 Å². The molecule has 0 bridgehead atoms. The summed E-state index contributed by atoms with van der Waals surface area (Å²) in [6.45, 7) is 4.69. The van der Waals surface area contributed by atoms with Gasteiger partial charge in [0.1, 0.15) is 0 Å². The first-order chi connectivity index (χ1) is 17.6. The molecule has 1 heterocycles. The number of hydrogen-bond acceptors (Lipinski definition) is 2. The van der Waals surface area contributed by atoms with Crippen molar-refractivity contribution in [2.45, 2.75) is 29.1 Å². The first-order valence-electron chi connectivity index (χ1n) is 12.4. The second kappa shape index (κ2) is 8.08. The zero-order valence-electron chi connectivity index (χ0n) is 20.3. The molecule has 1 aliphatic carbocycles. The summed E-state index contributed by atoms with van der Waals surface area (Å²) >= 11 is 1.83. The number of benzene rings is 5. The molecule has 0 spiro atoms. The highest BCUT2D eigenvalue weighted by Gasteiger charge is 2.35. The van der Waals surface area contributed by atoms with Gasteiger partial charge in [0.15, 0.2) is 0 Å². The fourth-order valence-corrected chi connectivity index (χ4v) is 6.97. The topological polar surface area (TPSA) is 12.9 Å². The Bertz CT molecular complexity index is 1730. The number of hydrogen-bond donors (Lipinski definition) is 0. The molecular weight excluding hydrogens is 454 g/mol. The first-order valence-corrected chi connectivity index (χ1v) is 13.2. The summed E-state index contributed by atoms with van der Waals surface area (Å²) in [5.41, 5.74) is 7.99. The zero-order valence-corrected chi connectivity index (χ0v) is 21.1. The van der Waals surface area contributed by atoms with Crippen molar-refractivity contribution in [2.24, 2.45) is 0 Å². The highest BCUT2D eigenvalue weighted by atomic mass is 32.2. The molecule has 0 radical (unpaired) electrons. The molecule has 7 rings (SSSR count). The highest BCUT2D eigenvalue weighted by Crippen LogP contribution is 2.51. The van der Waals surface area contributed by atoms with Gasteiger partial charge in [0.05, 0.1) is 0 Å². The van der Waals surface area contributed by atoms with E-state index in [4.69, 9.17) is 0 Å². The van der Waals surface area contributed by atoms with Crippen LogP contribution in [0.1, 0.15) is 25.0 Å². The number of aromatic nitrogens is 1.